The first-order valence-electron chi connectivity index (χ1n) is 6.42. The first-order valence-corrected chi connectivity index (χ1v) is 8.01. The van der Waals surface area contributed by atoms with Crippen molar-refractivity contribution in [2.24, 2.45) is 5.10 Å². The molecule has 1 aromatic heterocycles. The van der Waals surface area contributed by atoms with E-state index >= 15 is 0 Å². The molecular formula is C15H14Br2N2O3. The summed E-state index contributed by atoms with van der Waals surface area (Å²) < 4.78 is 12.5. The van der Waals surface area contributed by atoms with Crippen LogP contribution in [0.4, 0.5) is 0 Å². The van der Waals surface area contributed by atoms with E-state index in [2.05, 4.69) is 42.4 Å². The maximum Gasteiger partial charge on any atom is 0.277 e. The molecule has 5 nitrogen and oxygen atoms in total. The number of rotatable bonds is 5. The lowest BCUT2D eigenvalue weighted by molar-refractivity contribution is -0.123. The average Bonchev–Trinajstić information content (AvgIpc) is 2.83. The van der Waals surface area contributed by atoms with Crippen LogP contribution < -0.4 is 10.2 Å². The van der Waals surface area contributed by atoms with Crippen molar-refractivity contribution >= 4 is 44.0 Å². The van der Waals surface area contributed by atoms with Crippen molar-refractivity contribution in [3.05, 3.63) is 50.3 Å². The van der Waals surface area contributed by atoms with E-state index in [-0.39, 0.29) is 12.5 Å². The van der Waals surface area contributed by atoms with E-state index in [0.29, 0.717) is 11.5 Å². The molecule has 1 heterocycles. The molecule has 22 heavy (non-hydrogen) atoms. The first-order chi connectivity index (χ1) is 10.5. The van der Waals surface area contributed by atoms with E-state index in [1.807, 2.05) is 32.0 Å². The van der Waals surface area contributed by atoms with Gasteiger partial charge in [0.25, 0.3) is 5.91 Å². The lowest BCUT2D eigenvalue weighted by Crippen LogP contribution is -2.24. The summed E-state index contributed by atoms with van der Waals surface area (Å²) in [4.78, 5) is 11.7. The number of halogens is 2. The van der Waals surface area contributed by atoms with Crippen LogP contribution in [0.25, 0.3) is 0 Å². The molecule has 0 saturated heterocycles. The minimum atomic E-state index is -0.353. The molecular weight excluding hydrogens is 416 g/mol. The van der Waals surface area contributed by atoms with Gasteiger partial charge in [-0.3, -0.25) is 4.79 Å². The Morgan fingerprint density at radius 1 is 1.36 bits per heavy atom. The molecule has 0 aliphatic heterocycles. The largest absolute Gasteiger partial charge is 0.482 e. The third-order valence-electron chi connectivity index (χ3n) is 2.68. The third kappa shape index (κ3) is 4.71. The smallest absolute Gasteiger partial charge is 0.277 e. The van der Waals surface area contributed by atoms with E-state index in [9.17, 15) is 4.79 Å². The second-order valence-electron chi connectivity index (χ2n) is 4.56. The maximum atomic E-state index is 11.7. The molecule has 0 spiro atoms. The number of ether oxygens (including phenoxy) is 1. The molecule has 2 aromatic rings. The Labute approximate surface area is 145 Å². The van der Waals surface area contributed by atoms with Crippen molar-refractivity contribution in [2.75, 3.05) is 6.61 Å². The predicted octanol–water partition coefficient (Wildman–Crippen LogP) is 3.95. The monoisotopic (exact) mass is 428 g/mol. The highest BCUT2D eigenvalue weighted by molar-refractivity contribution is 9.11. The molecule has 0 fully saturated rings. The van der Waals surface area contributed by atoms with E-state index in [1.54, 1.807) is 6.07 Å². The number of aryl methyl sites for hydroxylation is 2. The fourth-order valence-corrected chi connectivity index (χ4v) is 3.29. The normalized spacial score (nSPS) is 10.9. The Morgan fingerprint density at radius 2 is 2.14 bits per heavy atom. The van der Waals surface area contributed by atoms with Crippen molar-refractivity contribution in [1.29, 1.82) is 0 Å². The summed E-state index contributed by atoms with van der Waals surface area (Å²) in [6.07, 6.45) is 1.44. The third-order valence-corrected chi connectivity index (χ3v) is 3.73. The number of hydrazone groups is 1. The number of furan rings is 1. The van der Waals surface area contributed by atoms with Gasteiger partial charge < -0.3 is 9.15 Å². The Morgan fingerprint density at radius 3 is 2.77 bits per heavy atom. The van der Waals surface area contributed by atoms with Gasteiger partial charge in [-0.1, -0.05) is 15.9 Å². The molecule has 0 aliphatic carbocycles. The van der Waals surface area contributed by atoms with Gasteiger partial charge in [-0.15, -0.1) is 0 Å². The number of nitrogens with zero attached hydrogens (tertiary/aromatic N) is 1. The van der Waals surface area contributed by atoms with Crippen molar-refractivity contribution < 1.29 is 13.9 Å². The number of carbonyl (C=O) groups is 1. The van der Waals surface area contributed by atoms with Crippen molar-refractivity contribution in [3.8, 4) is 5.75 Å². The topological polar surface area (TPSA) is 63.8 Å². The molecule has 2 rings (SSSR count). The number of benzene rings is 1. The van der Waals surface area contributed by atoms with E-state index < -0.39 is 0 Å². The molecule has 1 amide bonds. The number of carbonyl (C=O) groups excluding carboxylic acids is 1. The second kappa shape index (κ2) is 7.60. The molecule has 0 bridgehead atoms. The highest BCUT2D eigenvalue weighted by Gasteiger charge is 2.09. The van der Waals surface area contributed by atoms with Gasteiger partial charge in [0.1, 0.15) is 17.3 Å². The molecule has 0 atom stereocenters. The highest BCUT2D eigenvalue weighted by Crippen LogP contribution is 2.32. The van der Waals surface area contributed by atoms with Crippen LogP contribution in [0.15, 0.2) is 42.7 Å². The predicted molar refractivity (Wildman–Crippen MR) is 91.3 cm³/mol. The Kier molecular flexibility index (Phi) is 5.79. The fraction of sp³-hybridized carbons (Fsp3) is 0.200. The molecule has 0 unspecified atom stereocenters. The summed E-state index contributed by atoms with van der Waals surface area (Å²) in [7, 11) is 0. The highest BCUT2D eigenvalue weighted by atomic mass is 79.9. The number of nitrogens with one attached hydrogen (secondary N) is 1. The number of hydrogen-bond acceptors (Lipinski definition) is 4. The van der Waals surface area contributed by atoms with Crippen LogP contribution in [0.3, 0.4) is 0 Å². The van der Waals surface area contributed by atoms with Crippen LogP contribution in [0, 0.1) is 13.8 Å². The van der Waals surface area contributed by atoms with Crippen LogP contribution >= 0.6 is 31.9 Å². The zero-order valence-corrected chi connectivity index (χ0v) is 15.2. The Bertz CT molecular complexity index is 688. The summed E-state index contributed by atoms with van der Waals surface area (Å²) in [6.45, 7) is 3.61. The van der Waals surface area contributed by atoms with Crippen LogP contribution in [0.5, 0.6) is 5.75 Å². The molecule has 7 heteroatoms. The molecule has 1 N–H and O–H groups in total. The quantitative estimate of drug-likeness (QED) is 0.578. The van der Waals surface area contributed by atoms with Gasteiger partial charge in [0.05, 0.1) is 10.7 Å². The summed E-state index contributed by atoms with van der Waals surface area (Å²) in [5, 5.41) is 3.81. The molecule has 1 aromatic carbocycles. The van der Waals surface area contributed by atoms with Gasteiger partial charge in [0.15, 0.2) is 6.61 Å². The van der Waals surface area contributed by atoms with Gasteiger partial charge in [-0.05, 0) is 59.6 Å². The SMILES string of the molecule is Cc1ccc(C=NNC(=O)COc2c(C)cc(Br)cc2Br)o1. The summed E-state index contributed by atoms with van der Waals surface area (Å²) in [6, 6.07) is 7.36. The van der Waals surface area contributed by atoms with E-state index in [1.165, 1.54) is 6.21 Å². The first kappa shape index (κ1) is 16.8. The lowest BCUT2D eigenvalue weighted by atomic mass is 10.2. The summed E-state index contributed by atoms with van der Waals surface area (Å²) in [5.74, 6) is 1.63. The van der Waals surface area contributed by atoms with Crippen LogP contribution in [-0.2, 0) is 4.79 Å². The van der Waals surface area contributed by atoms with Gasteiger partial charge in [-0.25, -0.2) is 5.43 Å². The average molecular weight is 430 g/mol. The van der Waals surface area contributed by atoms with Gasteiger partial charge in [0, 0.05) is 4.47 Å². The lowest BCUT2D eigenvalue weighted by Gasteiger charge is -2.10. The Hall–Kier alpha value is -1.60. The standard InChI is InChI=1S/C15H14Br2N2O3/c1-9-5-11(16)6-13(17)15(9)21-8-14(20)19-18-7-12-4-3-10(2)22-12/h3-7H,8H2,1-2H3,(H,19,20). The van der Waals surface area contributed by atoms with Crippen molar-refractivity contribution in [1.82, 2.24) is 5.43 Å². The van der Waals surface area contributed by atoms with E-state index in [0.717, 1.165) is 20.3 Å². The summed E-state index contributed by atoms with van der Waals surface area (Å²) in [5.41, 5.74) is 3.30. The second-order valence-corrected chi connectivity index (χ2v) is 6.33. The van der Waals surface area contributed by atoms with Crippen molar-refractivity contribution in [3.63, 3.8) is 0 Å². The van der Waals surface area contributed by atoms with Crippen LogP contribution in [0.2, 0.25) is 0 Å². The summed E-state index contributed by atoms with van der Waals surface area (Å²) >= 11 is 6.80. The molecule has 0 radical (unpaired) electrons. The van der Waals surface area contributed by atoms with Gasteiger partial charge in [0.2, 0.25) is 0 Å². The Balaban J connectivity index is 1.87. The zero-order valence-electron chi connectivity index (χ0n) is 12.0. The van der Waals surface area contributed by atoms with Gasteiger partial charge >= 0.3 is 0 Å². The fourth-order valence-electron chi connectivity index (χ4n) is 1.73. The minimum Gasteiger partial charge on any atom is -0.482 e. The van der Waals surface area contributed by atoms with Crippen LogP contribution in [-0.4, -0.2) is 18.7 Å². The zero-order chi connectivity index (χ0) is 16.1. The number of hydrogen-bond donors (Lipinski definition) is 1. The maximum absolute atomic E-state index is 11.7. The number of amides is 1. The van der Waals surface area contributed by atoms with Gasteiger partial charge in [-0.2, -0.15) is 5.10 Å². The molecule has 116 valence electrons. The molecule has 0 aliphatic rings. The van der Waals surface area contributed by atoms with E-state index in [4.69, 9.17) is 9.15 Å². The van der Waals surface area contributed by atoms with Crippen molar-refractivity contribution in [2.45, 2.75) is 13.8 Å². The minimum absolute atomic E-state index is 0.129. The molecule has 0 saturated carbocycles. The van der Waals surface area contributed by atoms with Crippen LogP contribution in [0.1, 0.15) is 17.1 Å².